The van der Waals surface area contributed by atoms with Crippen molar-refractivity contribution in [1.29, 1.82) is 0 Å². The number of imide groups is 1. The molecule has 0 spiro atoms. The molecule has 190 valence electrons. The van der Waals surface area contributed by atoms with Crippen molar-refractivity contribution >= 4 is 35.2 Å². The third-order valence-corrected chi connectivity index (χ3v) is 6.58. The molecule has 0 aromatic heterocycles. The van der Waals surface area contributed by atoms with E-state index in [-0.39, 0.29) is 40.5 Å². The minimum atomic E-state index is -0.758. The number of rotatable bonds is 7. The van der Waals surface area contributed by atoms with Crippen molar-refractivity contribution in [2.45, 2.75) is 12.8 Å². The normalized spacial score (nSPS) is 18.2. The Balaban J connectivity index is 1.19. The molecule has 38 heavy (non-hydrogen) atoms. The van der Waals surface area contributed by atoms with Crippen molar-refractivity contribution < 1.29 is 33.4 Å². The summed E-state index contributed by atoms with van der Waals surface area (Å²) in [5.41, 5.74) is 1.09. The van der Waals surface area contributed by atoms with E-state index in [2.05, 4.69) is 0 Å². The maximum Gasteiger partial charge on any atom is 0.343 e. The Bertz CT molecular complexity index is 1420. The largest absolute Gasteiger partial charge is 0.454 e. The summed E-state index contributed by atoms with van der Waals surface area (Å²) in [6.45, 7) is -0.510. The fourth-order valence-electron chi connectivity index (χ4n) is 4.57. The number of fused-ring (bicyclic) bond motifs is 1. The lowest BCUT2D eigenvalue weighted by Crippen LogP contribution is -2.31. The van der Waals surface area contributed by atoms with Crippen LogP contribution in [-0.4, -0.2) is 36.1 Å². The Morgan fingerprint density at radius 2 is 1.34 bits per heavy atom. The van der Waals surface area contributed by atoms with Crippen molar-refractivity contribution in [3.8, 4) is 5.75 Å². The molecule has 8 heteroatoms. The standard InChI is InChI=1S/C30H23NO7/c32-26(19-13-15-23(16-14-19)38-30(36)20-7-2-1-3-8-20)18-37-29(35)21-9-6-10-22(17-21)31-27(33)24-11-4-5-12-25(24)28(31)34/h1-10,13-17,24-25H,11-12,18H2. The molecule has 2 unspecified atom stereocenters. The smallest absolute Gasteiger partial charge is 0.343 e. The van der Waals surface area contributed by atoms with E-state index in [1.54, 1.807) is 42.5 Å². The van der Waals surface area contributed by atoms with Gasteiger partial charge in [0.05, 0.1) is 28.7 Å². The third kappa shape index (κ3) is 5.01. The van der Waals surface area contributed by atoms with Crippen LogP contribution < -0.4 is 9.64 Å². The molecule has 1 fully saturated rings. The van der Waals surface area contributed by atoms with Crippen LogP contribution in [0, 0.1) is 11.8 Å². The number of amides is 2. The number of nitrogens with zero attached hydrogens (tertiary/aromatic N) is 1. The molecule has 1 aliphatic carbocycles. The van der Waals surface area contributed by atoms with Gasteiger partial charge in [0.25, 0.3) is 0 Å². The van der Waals surface area contributed by atoms with Gasteiger partial charge in [-0.05, 0) is 67.4 Å². The van der Waals surface area contributed by atoms with Gasteiger partial charge < -0.3 is 9.47 Å². The monoisotopic (exact) mass is 509 g/mol. The van der Waals surface area contributed by atoms with Gasteiger partial charge in [-0.25, -0.2) is 9.59 Å². The second-order valence-electron chi connectivity index (χ2n) is 9.00. The molecule has 1 saturated heterocycles. The zero-order valence-corrected chi connectivity index (χ0v) is 20.2. The highest BCUT2D eigenvalue weighted by Gasteiger charge is 2.47. The first-order chi connectivity index (χ1) is 18.4. The lowest BCUT2D eigenvalue weighted by Gasteiger charge is -2.15. The van der Waals surface area contributed by atoms with E-state index in [1.807, 2.05) is 12.2 Å². The van der Waals surface area contributed by atoms with Crippen LogP contribution in [0.5, 0.6) is 5.75 Å². The molecule has 1 heterocycles. The Morgan fingerprint density at radius 1 is 0.711 bits per heavy atom. The van der Waals surface area contributed by atoms with Crippen molar-refractivity contribution in [3.05, 3.63) is 108 Å². The molecule has 0 saturated carbocycles. The lowest BCUT2D eigenvalue weighted by molar-refractivity contribution is -0.122. The number of Topliss-reactive ketones (excluding diaryl/α,β-unsaturated/α-hetero) is 1. The summed E-state index contributed by atoms with van der Waals surface area (Å²) in [5.74, 6) is -2.77. The summed E-state index contributed by atoms with van der Waals surface area (Å²) in [4.78, 5) is 64.2. The lowest BCUT2D eigenvalue weighted by atomic mass is 9.85. The number of esters is 2. The third-order valence-electron chi connectivity index (χ3n) is 6.58. The van der Waals surface area contributed by atoms with Crippen LogP contribution >= 0.6 is 0 Å². The zero-order chi connectivity index (χ0) is 26.6. The van der Waals surface area contributed by atoms with E-state index in [0.29, 0.717) is 24.1 Å². The van der Waals surface area contributed by atoms with E-state index in [9.17, 15) is 24.0 Å². The molecular weight excluding hydrogens is 486 g/mol. The van der Waals surface area contributed by atoms with E-state index >= 15 is 0 Å². The van der Waals surface area contributed by atoms with E-state index in [4.69, 9.17) is 9.47 Å². The number of allylic oxidation sites excluding steroid dienone is 2. The van der Waals surface area contributed by atoms with Crippen LogP contribution in [0.2, 0.25) is 0 Å². The number of anilines is 1. The topological polar surface area (TPSA) is 107 Å². The number of benzene rings is 3. The molecule has 0 bridgehead atoms. The Labute approximate surface area is 218 Å². The van der Waals surface area contributed by atoms with Crippen LogP contribution in [0.1, 0.15) is 43.9 Å². The van der Waals surface area contributed by atoms with Gasteiger partial charge in [0.1, 0.15) is 5.75 Å². The second-order valence-corrected chi connectivity index (χ2v) is 9.00. The molecule has 0 radical (unpaired) electrons. The van der Waals surface area contributed by atoms with Crippen LogP contribution in [0.15, 0.2) is 91.0 Å². The van der Waals surface area contributed by atoms with Crippen LogP contribution in [0.3, 0.4) is 0 Å². The van der Waals surface area contributed by atoms with Gasteiger partial charge in [0.15, 0.2) is 12.4 Å². The first-order valence-electron chi connectivity index (χ1n) is 12.1. The van der Waals surface area contributed by atoms with Crippen molar-refractivity contribution in [3.63, 3.8) is 0 Å². The van der Waals surface area contributed by atoms with E-state index < -0.39 is 24.3 Å². The number of ether oxygens (including phenoxy) is 2. The molecular formula is C30H23NO7. The van der Waals surface area contributed by atoms with Crippen molar-refractivity contribution in [1.82, 2.24) is 0 Å². The summed E-state index contributed by atoms with van der Waals surface area (Å²) >= 11 is 0. The zero-order valence-electron chi connectivity index (χ0n) is 20.2. The molecule has 5 rings (SSSR count). The minimum absolute atomic E-state index is 0.118. The van der Waals surface area contributed by atoms with E-state index in [0.717, 1.165) is 4.90 Å². The Kier molecular flexibility index (Phi) is 6.95. The molecule has 3 aromatic carbocycles. The molecule has 0 N–H and O–H groups in total. The maximum absolute atomic E-state index is 12.8. The van der Waals surface area contributed by atoms with Crippen molar-refractivity contribution in [2.75, 3.05) is 11.5 Å². The highest BCUT2D eigenvalue weighted by molar-refractivity contribution is 6.22. The summed E-state index contributed by atoms with van der Waals surface area (Å²) in [6, 6.07) is 20.5. The number of hydrogen-bond donors (Lipinski definition) is 0. The minimum Gasteiger partial charge on any atom is -0.454 e. The average Bonchev–Trinajstić information content (AvgIpc) is 3.22. The first-order valence-corrected chi connectivity index (χ1v) is 12.1. The molecule has 3 aromatic rings. The quantitative estimate of drug-likeness (QED) is 0.153. The summed E-state index contributed by atoms with van der Waals surface area (Å²) < 4.78 is 10.5. The van der Waals surface area contributed by atoms with Crippen LogP contribution in [0.25, 0.3) is 0 Å². The Hall–Kier alpha value is -4.85. The number of carbonyl (C=O) groups excluding carboxylic acids is 5. The maximum atomic E-state index is 12.8. The van der Waals surface area contributed by atoms with Crippen molar-refractivity contribution in [2.24, 2.45) is 11.8 Å². The van der Waals surface area contributed by atoms with E-state index in [1.165, 1.54) is 36.4 Å². The van der Waals surface area contributed by atoms with Crippen LogP contribution in [0.4, 0.5) is 5.69 Å². The fourth-order valence-corrected chi connectivity index (χ4v) is 4.57. The highest BCUT2D eigenvalue weighted by Crippen LogP contribution is 2.37. The first kappa shape index (κ1) is 24.8. The van der Waals surface area contributed by atoms with Gasteiger partial charge in [-0.15, -0.1) is 0 Å². The predicted octanol–water partition coefficient (Wildman–Crippen LogP) is 4.40. The van der Waals surface area contributed by atoms with Gasteiger partial charge in [0, 0.05) is 5.56 Å². The summed E-state index contributed by atoms with van der Waals surface area (Å²) in [7, 11) is 0. The molecule has 2 atom stereocenters. The summed E-state index contributed by atoms with van der Waals surface area (Å²) in [6.07, 6.45) is 4.86. The second kappa shape index (κ2) is 10.6. The van der Waals surface area contributed by atoms with Gasteiger partial charge in [0.2, 0.25) is 11.8 Å². The molecule has 1 aliphatic heterocycles. The molecule has 8 nitrogen and oxygen atoms in total. The molecule has 2 aliphatic rings. The molecule has 2 amide bonds. The summed E-state index contributed by atoms with van der Waals surface area (Å²) in [5, 5.41) is 0. The number of carbonyl (C=O) groups is 5. The highest BCUT2D eigenvalue weighted by atomic mass is 16.5. The van der Waals surface area contributed by atoms with Gasteiger partial charge in [-0.3, -0.25) is 19.3 Å². The fraction of sp³-hybridized carbons (Fsp3) is 0.167. The van der Waals surface area contributed by atoms with Gasteiger partial charge in [-0.2, -0.15) is 0 Å². The van der Waals surface area contributed by atoms with Crippen LogP contribution in [-0.2, 0) is 14.3 Å². The predicted molar refractivity (Wildman–Crippen MR) is 137 cm³/mol. The number of hydrogen-bond acceptors (Lipinski definition) is 7. The SMILES string of the molecule is O=C(COC(=O)c1cccc(N2C(=O)C3CC=CCC3C2=O)c1)c1ccc(OC(=O)c2ccccc2)cc1. The van der Waals surface area contributed by atoms with Gasteiger partial charge >= 0.3 is 11.9 Å². The number of ketones is 1. The Morgan fingerprint density at radius 3 is 2.00 bits per heavy atom. The average molecular weight is 510 g/mol. The van der Waals surface area contributed by atoms with Gasteiger partial charge in [-0.1, -0.05) is 36.4 Å².